The molecule has 0 unspecified atom stereocenters. The van der Waals surface area contributed by atoms with Gasteiger partial charge in [0, 0.05) is 17.6 Å². The number of furan rings is 1. The molecule has 0 aliphatic carbocycles. The van der Waals surface area contributed by atoms with E-state index in [2.05, 4.69) is 30.7 Å². The van der Waals surface area contributed by atoms with Crippen molar-refractivity contribution in [2.24, 2.45) is 0 Å². The number of hydrogen-bond acceptors (Lipinski definition) is 6. The van der Waals surface area contributed by atoms with Crippen LogP contribution in [0.15, 0.2) is 40.8 Å². The first-order valence-corrected chi connectivity index (χ1v) is 8.56. The van der Waals surface area contributed by atoms with E-state index in [1.807, 2.05) is 0 Å². The number of hydrogen-bond donors (Lipinski definition) is 2. The van der Waals surface area contributed by atoms with E-state index in [9.17, 15) is 26.3 Å². The number of aromatic nitrogens is 4. The van der Waals surface area contributed by atoms with Crippen LogP contribution in [0.1, 0.15) is 11.1 Å². The van der Waals surface area contributed by atoms with Gasteiger partial charge in [-0.05, 0) is 47.2 Å². The van der Waals surface area contributed by atoms with Crippen molar-refractivity contribution in [1.29, 1.82) is 0 Å². The van der Waals surface area contributed by atoms with Crippen molar-refractivity contribution in [1.82, 2.24) is 20.6 Å². The third-order valence-electron chi connectivity index (χ3n) is 4.19. The number of rotatable bonds is 6. The number of aromatic amines is 1. The quantitative estimate of drug-likeness (QED) is 0.409. The first-order chi connectivity index (χ1) is 14.7. The summed E-state index contributed by atoms with van der Waals surface area (Å²) >= 11 is 0. The van der Waals surface area contributed by atoms with Crippen molar-refractivity contribution < 1.29 is 35.5 Å². The van der Waals surface area contributed by atoms with Gasteiger partial charge in [0.15, 0.2) is 17.2 Å². The second-order valence-corrected chi connectivity index (χ2v) is 6.28. The predicted molar refractivity (Wildman–Crippen MR) is 94.7 cm³/mol. The van der Waals surface area contributed by atoms with E-state index in [4.69, 9.17) is 4.42 Å². The SMILES string of the molecule is Fc1cc(CNc2ccc(OC(F)F)c(C(F)(F)F)c2)cc2cc(-c3nn[nH]n3)oc12. The maximum atomic E-state index is 14.4. The fourth-order valence-corrected chi connectivity index (χ4v) is 2.91. The molecule has 7 nitrogen and oxygen atoms in total. The molecule has 162 valence electrons. The lowest BCUT2D eigenvalue weighted by Gasteiger charge is -2.15. The van der Waals surface area contributed by atoms with E-state index in [0.29, 0.717) is 17.0 Å². The number of nitrogens with zero attached hydrogens (tertiary/aromatic N) is 3. The number of H-pyrrole nitrogens is 1. The largest absolute Gasteiger partial charge is 0.449 e. The van der Waals surface area contributed by atoms with Crippen LogP contribution in [0.3, 0.4) is 0 Å². The summed E-state index contributed by atoms with van der Waals surface area (Å²) in [7, 11) is 0. The van der Waals surface area contributed by atoms with Gasteiger partial charge in [0.05, 0.1) is 5.56 Å². The van der Waals surface area contributed by atoms with E-state index in [1.54, 1.807) is 6.07 Å². The molecule has 2 aromatic carbocycles. The second-order valence-electron chi connectivity index (χ2n) is 6.28. The number of tetrazole rings is 1. The standard InChI is InChI=1S/C18H11F6N5O2/c19-12-4-8(3-9-5-14(30-15(9)12)16-26-28-29-27-16)7-25-10-1-2-13(31-17(20)21)11(6-10)18(22,23)24/h1-6,17,25H,7H2,(H,26,27,28,29). The Bertz CT molecular complexity index is 1210. The van der Waals surface area contributed by atoms with Crippen LogP contribution in [0.5, 0.6) is 5.75 Å². The minimum atomic E-state index is -4.91. The third-order valence-corrected chi connectivity index (χ3v) is 4.19. The summed E-state index contributed by atoms with van der Waals surface area (Å²) in [5, 5.41) is 16.2. The lowest BCUT2D eigenvalue weighted by molar-refractivity contribution is -0.141. The fraction of sp³-hybridized carbons (Fsp3) is 0.167. The minimum absolute atomic E-state index is 0.0193. The van der Waals surface area contributed by atoms with Gasteiger partial charge in [0.1, 0.15) is 5.75 Å². The number of nitrogens with one attached hydrogen (secondary N) is 2. The molecule has 4 rings (SSSR count). The van der Waals surface area contributed by atoms with Crippen LogP contribution >= 0.6 is 0 Å². The van der Waals surface area contributed by atoms with Crippen molar-refractivity contribution in [3.05, 3.63) is 53.3 Å². The summed E-state index contributed by atoms with van der Waals surface area (Å²) < 4.78 is 87.9. The highest BCUT2D eigenvalue weighted by Crippen LogP contribution is 2.38. The molecule has 4 aromatic rings. The van der Waals surface area contributed by atoms with Gasteiger partial charge >= 0.3 is 12.8 Å². The molecule has 0 saturated heterocycles. The van der Waals surface area contributed by atoms with Gasteiger partial charge in [0.25, 0.3) is 0 Å². The molecule has 0 bridgehead atoms. The molecule has 0 radical (unpaired) electrons. The van der Waals surface area contributed by atoms with Crippen LogP contribution in [-0.2, 0) is 12.7 Å². The fourth-order valence-electron chi connectivity index (χ4n) is 2.91. The highest BCUT2D eigenvalue weighted by atomic mass is 19.4. The monoisotopic (exact) mass is 443 g/mol. The summed E-state index contributed by atoms with van der Waals surface area (Å²) in [4.78, 5) is 0. The zero-order chi connectivity index (χ0) is 22.2. The van der Waals surface area contributed by atoms with Crippen LogP contribution in [-0.4, -0.2) is 27.2 Å². The average Bonchev–Trinajstić information content (AvgIpc) is 3.35. The Morgan fingerprint density at radius 2 is 1.94 bits per heavy atom. The van der Waals surface area contributed by atoms with E-state index >= 15 is 0 Å². The van der Waals surface area contributed by atoms with E-state index in [1.165, 1.54) is 6.07 Å². The molecule has 13 heteroatoms. The summed E-state index contributed by atoms with van der Waals surface area (Å²) in [6.45, 7) is -3.45. The van der Waals surface area contributed by atoms with Crippen LogP contribution in [0.4, 0.5) is 32.0 Å². The number of fused-ring (bicyclic) bond motifs is 1. The van der Waals surface area contributed by atoms with Crippen LogP contribution in [0.25, 0.3) is 22.6 Å². The Kier molecular flexibility index (Phi) is 5.17. The smallest absolute Gasteiger partial charge is 0.420 e. The first kappa shape index (κ1) is 20.5. The Labute approximate surface area is 169 Å². The van der Waals surface area contributed by atoms with Crippen molar-refractivity contribution in [2.45, 2.75) is 19.3 Å². The summed E-state index contributed by atoms with van der Waals surface area (Å²) in [6, 6.07) is 6.78. The summed E-state index contributed by atoms with van der Waals surface area (Å²) in [5.74, 6) is -1.38. The van der Waals surface area contributed by atoms with Gasteiger partial charge in [-0.15, -0.1) is 10.2 Å². The Morgan fingerprint density at radius 3 is 2.61 bits per heavy atom. The number of anilines is 1. The van der Waals surface area contributed by atoms with E-state index in [0.717, 1.165) is 18.2 Å². The van der Waals surface area contributed by atoms with Gasteiger partial charge in [-0.2, -0.15) is 27.2 Å². The molecule has 0 saturated carbocycles. The van der Waals surface area contributed by atoms with Crippen LogP contribution in [0, 0.1) is 5.82 Å². The van der Waals surface area contributed by atoms with Gasteiger partial charge in [-0.3, -0.25) is 0 Å². The van der Waals surface area contributed by atoms with Crippen LogP contribution in [0.2, 0.25) is 0 Å². The maximum Gasteiger partial charge on any atom is 0.420 e. The molecule has 2 heterocycles. The normalized spacial score (nSPS) is 12.0. The molecule has 0 aliphatic rings. The molecule has 31 heavy (non-hydrogen) atoms. The zero-order valence-corrected chi connectivity index (χ0v) is 15.2. The molecule has 0 atom stereocenters. The lowest BCUT2D eigenvalue weighted by Crippen LogP contribution is -2.12. The van der Waals surface area contributed by atoms with Crippen molar-refractivity contribution in [3.8, 4) is 17.3 Å². The van der Waals surface area contributed by atoms with Crippen LogP contribution < -0.4 is 10.1 Å². The number of ether oxygens (including phenoxy) is 1. The molecule has 2 aromatic heterocycles. The molecular formula is C18H11F6N5O2. The van der Waals surface area contributed by atoms with Gasteiger partial charge in [0.2, 0.25) is 5.82 Å². The molecule has 0 spiro atoms. The topological polar surface area (TPSA) is 88.9 Å². The number of alkyl halides is 5. The van der Waals surface area contributed by atoms with Gasteiger partial charge in [-0.1, -0.05) is 0 Å². The van der Waals surface area contributed by atoms with Crippen molar-refractivity contribution in [3.63, 3.8) is 0 Å². The molecule has 0 amide bonds. The summed E-state index contributed by atoms with van der Waals surface area (Å²) in [6.07, 6.45) is -4.91. The van der Waals surface area contributed by atoms with Crippen molar-refractivity contribution >= 4 is 16.7 Å². The average molecular weight is 443 g/mol. The highest BCUT2D eigenvalue weighted by molar-refractivity contribution is 5.83. The first-order valence-electron chi connectivity index (χ1n) is 8.56. The zero-order valence-electron chi connectivity index (χ0n) is 15.2. The Balaban J connectivity index is 1.57. The van der Waals surface area contributed by atoms with Gasteiger partial charge < -0.3 is 14.5 Å². The van der Waals surface area contributed by atoms with Gasteiger partial charge in [-0.25, -0.2) is 4.39 Å². The summed E-state index contributed by atoms with van der Waals surface area (Å²) in [5.41, 5.74) is -1.03. The molecular weight excluding hydrogens is 432 g/mol. The molecule has 0 aliphatic heterocycles. The third kappa shape index (κ3) is 4.39. The molecule has 0 fully saturated rings. The predicted octanol–water partition coefficient (Wildman–Crippen LogP) is 4.98. The van der Waals surface area contributed by atoms with E-state index < -0.39 is 29.9 Å². The number of halogens is 6. The van der Waals surface area contributed by atoms with Crippen molar-refractivity contribution in [2.75, 3.05) is 5.32 Å². The highest BCUT2D eigenvalue weighted by Gasteiger charge is 2.35. The van der Waals surface area contributed by atoms with E-state index in [-0.39, 0.29) is 29.4 Å². The number of benzene rings is 2. The second kappa shape index (κ2) is 7.81. The Hall–Kier alpha value is -3.77. The maximum absolute atomic E-state index is 14.4. The minimum Gasteiger partial charge on any atom is -0.449 e. The lowest BCUT2D eigenvalue weighted by atomic mass is 10.1. The Morgan fingerprint density at radius 1 is 1.13 bits per heavy atom. The molecule has 2 N–H and O–H groups in total.